The molecule has 5 heteroatoms. The zero-order valence-electron chi connectivity index (χ0n) is 10.1. The van der Waals surface area contributed by atoms with Crippen LogP contribution in [-0.4, -0.2) is 30.5 Å². The predicted octanol–water partition coefficient (Wildman–Crippen LogP) is 1.89. The molecule has 17 heavy (non-hydrogen) atoms. The molecule has 2 heterocycles. The lowest BCUT2D eigenvalue weighted by atomic mass is 10.2. The largest absolute Gasteiger partial charge is 0.467 e. The van der Waals surface area contributed by atoms with Crippen LogP contribution in [0.2, 0.25) is 0 Å². The Labute approximate surface area is 105 Å². The summed E-state index contributed by atoms with van der Waals surface area (Å²) in [5.41, 5.74) is 6.60. The second-order valence-electron chi connectivity index (χ2n) is 4.10. The molecule has 1 atom stereocenters. The monoisotopic (exact) mass is 251 g/mol. The lowest BCUT2D eigenvalue weighted by Gasteiger charge is -2.19. The van der Waals surface area contributed by atoms with Gasteiger partial charge >= 0.3 is 0 Å². The zero-order chi connectivity index (χ0) is 12.3. The highest BCUT2D eigenvalue weighted by Crippen LogP contribution is 2.29. The maximum absolute atomic E-state index is 5.54. The molecule has 2 N–H and O–H groups in total. The Morgan fingerprint density at radius 1 is 1.53 bits per heavy atom. The van der Waals surface area contributed by atoms with Gasteiger partial charge in [0.1, 0.15) is 16.8 Å². The fourth-order valence-electron chi connectivity index (χ4n) is 1.75. The molecule has 0 aliphatic rings. The van der Waals surface area contributed by atoms with E-state index in [0.29, 0.717) is 6.54 Å². The molecule has 0 bridgehead atoms. The van der Waals surface area contributed by atoms with Crippen molar-refractivity contribution in [1.29, 1.82) is 0 Å². The van der Waals surface area contributed by atoms with Crippen LogP contribution >= 0.6 is 11.3 Å². The molecule has 0 aliphatic carbocycles. The normalized spacial score (nSPS) is 13.2. The summed E-state index contributed by atoms with van der Waals surface area (Å²) >= 11 is 1.66. The van der Waals surface area contributed by atoms with E-state index in [4.69, 9.17) is 10.2 Å². The number of nitrogens with two attached hydrogens (primary N) is 1. The molecular weight excluding hydrogens is 234 g/mol. The van der Waals surface area contributed by atoms with E-state index in [1.807, 2.05) is 26.2 Å². The van der Waals surface area contributed by atoms with E-state index < -0.39 is 0 Å². The van der Waals surface area contributed by atoms with E-state index in [1.54, 1.807) is 17.6 Å². The summed E-state index contributed by atoms with van der Waals surface area (Å²) in [6.45, 7) is 0.635. The third-order valence-corrected chi connectivity index (χ3v) is 3.48. The summed E-state index contributed by atoms with van der Waals surface area (Å²) in [5, 5.41) is 3.12. The van der Waals surface area contributed by atoms with Gasteiger partial charge in [0.2, 0.25) is 0 Å². The molecule has 0 fully saturated rings. The molecule has 0 spiro atoms. The van der Waals surface area contributed by atoms with Crippen LogP contribution in [0.15, 0.2) is 28.2 Å². The van der Waals surface area contributed by atoms with Crippen molar-refractivity contribution in [2.24, 2.45) is 5.73 Å². The summed E-state index contributed by atoms with van der Waals surface area (Å²) < 4.78 is 5.48. The van der Waals surface area contributed by atoms with Crippen LogP contribution in [0.5, 0.6) is 0 Å². The van der Waals surface area contributed by atoms with Crippen molar-refractivity contribution in [3.8, 4) is 0 Å². The quantitative estimate of drug-likeness (QED) is 0.881. The molecular formula is C12H17N3OS. The maximum Gasteiger partial charge on any atom is 0.127 e. The van der Waals surface area contributed by atoms with Crippen molar-refractivity contribution in [2.75, 3.05) is 20.6 Å². The molecule has 0 aliphatic heterocycles. The third kappa shape index (κ3) is 2.74. The van der Waals surface area contributed by atoms with Gasteiger partial charge in [-0.15, -0.1) is 11.3 Å². The van der Waals surface area contributed by atoms with E-state index in [2.05, 4.69) is 15.3 Å². The van der Waals surface area contributed by atoms with Crippen molar-refractivity contribution >= 4 is 11.3 Å². The molecule has 2 aromatic rings. The first kappa shape index (κ1) is 12.3. The molecule has 0 amide bonds. The Hall–Kier alpha value is -1.17. The van der Waals surface area contributed by atoms with Gasteiger partial charge in [-0.05, 0) is 32.8 Å². The van der Waals surface area contributed by atoms with Crippen LogP contribution < -0.4 is 5.73 Å². The Morgan fingerprint density at radius 3 is 2.94 bits per heavy atom. The van der Waals surface area contributed by atoms with Gasteiger partial charge in [0.15, 0.2) is 0 Å². The van der Waals surface area contributed by atoms with Gasteiger partial charge in [-0.1, -0.05) is 0 Å². The van der Waals surface area contributed by atoms with E-state index >= 15 is 0 Å². The highest BCUT2D eigenvalue weighted by molar-refractivity contribution is 7.09. The van der Waals surface area contributed by atoms with Crippen LogP contribution in [0.4, 0.5) is 0 Å². The first-order valence-corrected chi connectivity index (χ1v) is 6.44. The number of aromatic nitrogens is 1. The van der Waals surface area contributed by atoms with E-state index in [9.17, 15) is 0 Å². The summed E-state index contributed by atoms with van der Waals surface area (Å²) in [5.74, 6) is 0.920. The van der Waals surface area contributed by atoms with Gasteiger partial charge in [0, 0.05) is 11.8 Å². The molecule has 0 radical (unpaired) electrons. The molecule has 2 aromatic heterocycles. The lowest BCUT2D eigenvalue weighted by Crippen LogP contribution is -2.20. The van der Waals surface area contributed by atoms with Crippen molar-refractivity contribution in [1.82, 2.24) is 9.88 Å². The van der Waals surface area contributed by atoms with Gasteiger partial charge in [-0.2, -0.15) is 0 Å². The number of hydrogen-bond acceptors (Lipinski definition) is 5. The number of nitrogens with zero attached hydrogens (tertiary/aromatic N) is 2. The maximum atomic E-state index is 5.54. The molecule has 0 saturated heterocycles. The summed E-state index contributed by atoms with van der Waals surface area (Å²) in [6, 6.07) is 3.97. The number of hydrogen-bond donors (Lipinski definition) is 1. The van der Waals surface area contributed by atoms with Crippen molar-refractivity contribution in [3.63, 3.8) is 0 Å². The summed E-state index contributed by atoms with van der Waals surface area (Å²) in [7, 11) is 4.05. The second-order valence-corrected chi connectivity index (χ2v) is 4.99. The fourth-order valence-corrected chi connectivity index (χ4v) is 2.81. The Morgan fingerprint density at radius 2 is 2.35 bits per heavy atom. The zero-order valence-corrected chi connectivity index (χ0v) is 10.9. The Kier molecular flexibility index (Phi) is 3.93. The minimum atomic E-state index is 0.0847. The predicted molar refractivity (Wildman–Crippen MR) is 69.1 cm³/mol. The highest BCUT2D eigenvalue weighted by Gasteiger charge is 2.22. The third-order valence-electron chi connectivity index (χ3n) is 2.53. The number of furan rings is 1. The number of rotatable bonds is 5. The van der Waals surface area contributed by atoms with Crippen LogP contribution in [0.3, 0.4) is 0 Å². The van der Waals surface area contributed by atoms with Gasteiger partial charge < -0.3 is 10.2 Å². The van der Waals surface area contributed by atoms with Gasteiger partial charge in [-0.3, -0.25) is 4.90 Å². The lowest BCUT2D eigenvalue weighted by molar-refractivity contribution is 0.296. The van der Waals surface area contributed by atoms with Crippen LogP contribution in [0.1, 0.15) is 22.5 Å². The van der Waals surface area contributed by atoms with Gasteiger partial charge in [0.05, 0.1) is 12.0 Å². The minimum absolute atomic E-state index is 0.0847. The average Bonchev–Trinajstić information content (AvgIpc) is 2.91. The topological polar surface area (TPSA) is 55.3 Å². The van der Waals surface area contributed by atoms with Crippen LogP contribution in [0.25, 0.3) is 0 Å². The molecule has 0 saturated carbocycles. The minimum Gasteiger partial charge on any atom is -0.467 e. The van der Waals surface area contributed by atoms with Crippen molar-refractivity contribution < 1.29 is 4.42 Å². The van der Waals surface area contributed by atoms with Gasteiger partial charge in [-0.25, -0.2) is 4.98 Å². The summed E-state index contributed by atoms with van der Waals surface area (Å²) in [6.07, 6.45) is 2.52. The van der Waals surface area contributed by atoms with E-state index in [0.717, 1.165) is 22.9 Å². The molecule has 92 valence electrons. The van der Waals surface area contributed by atoms with Gasteiger partial charge in [0.25, 0.3) is 0 Å². The molecule has 1 unspecified atom stereocenters. The molecule has 2 rings (SSSR count). The second kappa shape index (κ2) is 5.44. The van der Waals surface area contributed by atoms with Crippen LogP contribution in [0, 0.1) is 0 Å². The van der Waals surface area contributed by atoms with Crippen molar-refractivity contribution in [3.05, 3.63) is 40.2 Å². The standard InChI is InChI=1S/C12H17N3OS/c1-15(2)11(10-4-3-7-16-10)12-14-9(5-6-13)8-17-12/h3-4,7-8,11H,5-6,13H2,1-2H3. The first-order valence-electron chi connectivity index (χ1n) is 5.56. The first-order chi connectivity index (χ1) is 8.22. The highest BCUT2D eigenvalue weighted by atomic mass is 32.1. The van der Waals surface area contributed by atoms with Crippen molar-refractivity contribution in [2.45, 2.75) is 12.5 Å². The Balaban J connectivity index is 2.26. The summed E-state index contributed by atoms with van der Waals surface area (Å²) in [4.78, 5) is 6.72. The van der Waals surface area contributed by atoms with E-state index in [-0.39, 0.29) is 6.04 Å². The SMILES string of the molecule is CN(C)C(c1ccco1)c1nc(CCN)cs1. The molecule has 0 aromatic carbocycles. The average molecular weight is 251 g/mol. The smallest absolute Gasteiger partial charge is 0.127 e. The Bertz CT molecular complexity index is 450. The fraction of sp³-hybridized carbons (Fsp3) is 0.417. The van der Waals surface area contributed by atoms with E-state index in [1.165, 1.54) is 0 Å². The van der Waals surface area contributed by atoms with Crippen LogP contribution in [-0.2, 0) is 6.42 Å². The number of thiazole rings is 1. The molecule has 4 nitrogen and oxygen atoms in total.